The summed E-state index contributed by atoms with van der Waals surface area (Å²) in [6.07, 6.45) is 3.43. The van der Waals surface area contributed by atoms with Crippen molar-refractivity contribution in [3.63, 3.8) is 0 Å². The normalized spacial score (nSPS) is 12.8. The standard InChI is InChI=1S/C11H17NS/c1-2-3-7-10(12)9-6-4-5-8-11(9)13/h4-6,8,10,13H,2-3,7,12H2,1H3. The summed E-state index contributed by atoms with van der Waals surface area (Å²) in [4.78, 5) is 1.01. The molecule has 1 nitrogen and oxygen atoms in total. The summed E-state index contributed by atoms with van der Waals surface area (Å²) in [5.41, 5.74) is 7.20. The molecule has 0 radical (unpaired) electrons. The van der Waals surface area contributed by atoms with Crippen LogP contribution in [0.2, 0.25) is 0 Å². The van der Waals surface area contributed by atoms with E-state index in [1.807, 2.05) is 18.2 Å². The second kappa shape index (κ2) is 5.30. The van der Waals surface area contributed by atoms with Crippen molar-refractivity contribution in [2.24, 2.45) is 5.73 Å². The monoisotopic (exact) mass is 195 g/mol. The second-order valence-electron chi connectivity index (χ2n) is 3.31. The van der Waals surface area contributed by atoms with Crippen LogP contribution in [-0.2, 0) is 0 Å². The number of hydrogen-bond acceptors (Lipinski definition) is 2. The summed E-state index contributed by atoms with van der Waals surface area (Å²) in [5.74, 6) is 0. The summed E-state index contributed by atoms with van der Waals surface area (Å²) >= 11 is 4.38. The Morgan fingerprint density at radius 1 is 1.38 bits per heavy atom. The number of thiol groups is 1. The van der Waals surface area contributed by atoms with Gasteiger partial charge in [-0.25, -0.2) is 0 Å². The molecule has 2 N–H and O–H groups in total. The number of benzene rings is 1. The first kappa shape index (κ1) is 10.6. The van der Waals surface area contributed by atoms with E-state index in [0.29, 0.717) is 0 Å². The molecule has 0 bridgehead atoms. The van der Waals surface area contributed by atoms with E-state index in [-0.39, 0.29) is 6.04 Å². The summed E-state index contributed by atoms with van der Waals surface area (Å²) in [7, 11) is 0. The van der Waals surface area contributed by atoms with Gasteiger partial charge in [0.15, 0.2) is 0 Å². The third kappa shape index (κ3) is 3.05. The van der Waals surface area contributed by atoms with Gasteiger partial charge in [-0.1, -0.05) is 38.0 Å². The van der Waals surface area contributed by atoms with E-state index in [0.717, 1.165) is 11.3 Å². The van der Waals surface area contributed by atoms with Gasteiger partial charge >= 0.3 is 0 Å². The number of rotatable bonds is 4. The van der Waals surface area contributed by atoms with E-state index < -0.39 is 0 Å². The van der Waals surface area contributed by atoms with Crippen molar-refractivity contribution in [1.82, 2.24) is 0 Å². The highest BCUT2D eigenvalue weighted by Gasteiger charge is 2.07. The molecular weight excluding hydrogens is 178 g/mol. The van der Waals surface area contributed by atoms with Gasteiger partial charge in [0.1, 0.15) is 0 Å². The molecule has 2 heteroatoms. The van der Waals surface area contributed by atoms with Crippen LogP contribution in [0.5, 0.6) is 0 Å². The SMILES string of the molecule is CCCCC(N)c1ccccc1S. The molecule has 1 rings (SSSR count). The molecule has 0 aliphatic carbocycles. The molecule has 1 aromatic carbocycles. The van der Waals surface area contributed by atoms with Gasteiger partial charge in [-0.3, -0.25) is 0 Å². The van der Waals surface area contributed by atoms with Gasteiger partial charge < -0.3 is 5.73 Å². The molecule has 0 heterocycles. The maximum absolute atomic E-state index is 6.03. The number of nitrogens with two attached hydrogens (primary N) is 1. The van der Waals surface area contributed by atoms with Gasteiger partial charge in [0.05, 0.1) is 0 Å². The second-order valence-corrected chi connectivity index (χ2v) is 3.79. The van der Waals surface area contributed by atoms with Crippen LogP contribution in [0.15, 0.2) is 29.2 Å². The highest BCUT2D eigenvalue weighted by atomic mass is 32.1. The Kier molecular flexibility index (Phi) is 4.33. The third-order valence-electron chi connectivity index (χ3n) is 2.20. The zero-order chi connectivity index (χ0) is 9.68. The average Bonchev–Trinajstić information content (AvgIpc) is 2.15. The van der Waals surface area contributed by atoms with Crippen molar-refractivity contribution in [1.29, 1.82) is 0 Å². The van der Waals surface area contributed by atoms with Crippen LogP contribution in [0.3, 0.4) is 0 Å². The lowest BCUT2D eigenvalue weighted by Crippen LogP contribution is -2.10. The molecule has 0 saturated carbocycles. The number of unbranched alkanes of at least 4 members (excludes halogenated alkanes) is 1. The van der Waals surface area contributed by atoms with Crippen LogP contribution < -0.4 is 5.73 Å². The van der Waals surface area contributed by atoms with Crippen molar-refractivity contribution in [2.45, 2.75) is 37.1 Å². The van der Waals surface area contributed by atoms with Gasteiger partial charge in [0, 0.05) is 10.9 Å². The van der Waals surface area contributed by atoms with E-state index in [4.69, 9.17) is 5.73 Å². The largest absolute Gasteiger partial charge is 0.324 e. The molecule has 0 amide bonds. The van der Waals surface area contributed by atoms with E-state index in [1.54, 1.807) is 0 Å². The van der Waals surface area contributed by atoms with E-state index in [9.17, 15) is 0 Å². The molecule has 0 aliphatic heterocycles. The van der Waals surface area contributed by atoms with Crippen LogP contribution in [0.1, 0.15) is 37.8 Å². The number of hydrogen-bond donors (Lipinski definition) is 2. The highest BCUT2D eigenvalue weighted by molar-refractivity contribution is 7.80. The van der Waals surface area contributed by atoms with Crippen molar-refractivity contribution in [2.75, 3.05) is 0 Å². The van der Waals surface area contributed by atoms with Crippen molar-refractivity contribution in [3.8, 4) is 0 Å². The molecule has 1 aromatic rings. The van der Waals surface area contributed by atoms with Crippen LogP contribution in [-0.4, -0.2) is 0 Å². The maximum Gasteiger partial charge on any atom is 0.0305 e. The van der Waals surface area contributed by atoms with E-state index >= 15 is 0 Å². The van der Waals surface area contributed by atoms with E-state index in [2.05, 4.69) is 25.6 Å². The summed E-state index contributed by atoms with van der Waals surface area (Å²) in [5, 5.41) is 0. The minimum absolute atomic E-state index is 0.147. The lowest BCUT2D eigenvalue weighted by atomic mass is 10.0. The molecule has 0 saturated heterocycles. The molecule has 0 aliphatic rings. The summed E-state index contributed by atoms with van der Waals surface area (Å²) < 4.78 is 0. The Morgan fingerprint density at radius 2 is 2.08 bits per heavy atom. The molecule has 13 heavy (non-hydrogen) atoms. The zero-order valence-corrected chi connectivity index (χ0v) is 8.93. The summed E-state index contributed by atoms with van der Waals surface area (Å²) in [6.45, 7) is 2.18. The molecule has 1 atom stereocenters. The predicted octanol–water partition coefficient (Wildman–Crippen LogP) is 3.17. The van der Waals surface area contributed by atoms with Crippen molar-refractivity contribution >= 4 is 12.6 Å². The first-order valence-electron chi connectivity index (χ1n) is 4.79. The van der Waals surface area contributed by atoms with Crippen molar-refractivity contribution < 1.29 is 0 Å². The lowest BCUT2D eigenvalue weighted by Gasteiger charge is -2.13. The Balaban J connectivity index is 2.65. The van der Waals surface area contributed by atoms with Crippen molar-refractivity contribution in [3.05, 3.63) is 29.8 Å². The molecule has 0 fully saturated rings. The Morgan fingerprint density at radius 3 is 2.69 bits per heavy atom. The Hall–Kier alpha value is -0.470. The van der Waals surface area contributed by atoms with Crippen LogP contribution in [0, 0.1) is 0 Å². The third-order valence-corrected chi connectivity index (χ3v) is 2.61. The van der Waals surface area contributed by atoms with Gasteiger partial charge in [-0.15, -0.1) is 12.6 Å². The highest BCUT2D eigenvalue weighted by Crippen LogP contribution is 2.22. The minimum Gasteiger partial charge on any atom is -0.324 e. The van der Waals surface area contributed by atoms with Gasteiger partial charge in [-0.05, 0) is 18.1 Å². The fraction of sp³-hybridized carbons (Fsp3) is 0.455. The van der Waals surface area contributed by atoms with Gasteiger partial charge in [-0.2, -0.15) is 0 Å². The van der Waals surface area contributed by atoms with Crippen LogP contribution in [0.25, 0.3) is 0 Å². The molecule has 1 unspecified atom stereocenters. The first-order chi connectivity index (χ1) is 6.25. The quantitative estimate of drug-likeness (QED) is 0.709. The van der Waals surface area contributed by atoms with Crippen LogP contribution in [0.4, 0.5) is 0 Å². The topological polar surface area (TPSA) is 26.0 Å². The Bertz CT molecular complexity index is 260. The Labute approximate surface area is 85.8 Å². The molecule has 0 spiro atoms. The average molecular weight is 195 g/mol. The predicted molar refractivity (Wildman–Crippen MR) is 60.1 cm³/mol. The zero-order valence-electron chi connectivity index (χ0n) is 8.03. The first-order valence-corrected chi connectivity index (χ1v) is 5.24. The fourth-order valence-corrected chi connectivity index (χ4v) is 1.71. The van der Waals surface area contributed by atoms with Gasteiger partial charge in [0.25, 0.3) is 0 Å². The fourth-order valence-electron chi connectivity index (χ4n) is 1.38. The van der Waals surface area contributed by atoms with Crippen LogP contribution >= 0.6 is 12.6 Å². The lowest BCUT2D eigenvalue weighted by molar-refractivity contribution is 0.596. The smallest absolute Gasteiger partial charge is 0.0305 e. The molecule has 72 valence electrons. The molecule has 0 aromatic heterocycles. The summed E-state index contributed by atoms with van der Waals surface area (Å²) in [6, 6.07) is 8.19. The van der Waals surface area contributed by atoms with Gasteiger partial charge in [0.2, 0.25) is 0 Å². The van der Waals surface area contributed by atoms with E-state index in [1.165, 1.54) is 18.4 Å². The maximum atomic E-state index is 6.03. The minimum atomic E-state index is 0.147. The molecular formula is C11H17NS.